The SMILES string of the molecule is CC(C)(CC(=O)O)NSS. The molecule has 0 aromatic rings. The van der Waals surface area contributed by atoms with Crippen molar-refractivity contribution in [3.8, 4) is 0 Å². The molecule has 2 N–H and O–H groups in total. The molecule has 0 spiro atoms. The van der Waals surface area contributed by atoms with Crippen LogP contribution in [0.3, 0.4) is 0 Å². The molecule has 0 aromatic carbocycles. The van der Waals surface area contributed by atoms with Gasteiger partial charge < -0.3 is 5.11 Å². The number of aliphatic carboxylic acids is 1. The number of hydrogen-bond donors (Lipinski definition) is 3. The Morgan fingerprint density at radius 3 is 2.60 bits per heavy atom. The number of thiol groups is 1. The zero-order valence-electron chi connectivity index (χ0n) is 5.92. The Hall–Kier alpha value is 0.130. The topological polar surface area (TPSA) is 49.3 Å². The first-order chi connectivity index (χ1) is 4.48. The molecule has 0 aliphatic rings. The first-order valence-electron chi connectivity index (χ1n) is 2.77. The quantitative estimate of drug-likeness (QED) is 0.348. The van der Waals surface area contributed by atoms with Crippen LogP contribution in [-0.2, 0) is 4.79 Å². The second kappa shape index (κ2) is 4.10. The van der Waals surface area contributed by atoms with Crippen LogP contribution in [0.5, 0.6) is 0 Å². The van der Waals surface area contributed by atoms with Gasteiger partial charge in [-0.2, -0.15) is 0 Å². The van der Waals surface area contributed by atoms with Crippen LogP contribution in [0.1, 0.15) is 20.3 Å². The van der Waals surface area contributed by atoms with Crippen LogP contribution in [0.15, 0.2) is 0 Å². The van der Waals surface area contributed by atoms with Crippen LogP contribution >= 0.6 is 22.6 Å². The normalized spacial score (nSPS) is 11.5. The minimum Gasteiger partial charge on any atom is -0.481 e. The minimum atomic E-state index is -0.806. The lowest BCUT2D eigenvalue weighted by Gasteiger charge is -2.21. The van der Waals surface area contributed by atoms with Crippen molar-refractivity contribution in [3.63, 3.8) is 0 Å². The van der Waals surface area contributed by atoms with Gasteiger partial charge in [-0.25, -0.2) is 4.72 Å². The molecule has 0 radical (unpaired) electrons. The third kappa shape index (κ3) is 4.96. The highest BCUT2D eigenvalue weighted by Gasteiger charge is 2.20. The van der Waals surface area contributed by atoms with Crippen molar-refractivity contribution in [2.45, 2.75) is 25.8 Å². The maximum atomic E-state index is 10.2. The van der Waals surface area contributed by atoms with E-state index in [9.17, 15) is 4.79 Å². The van der Waals surface area contributed by atoms with E-state index in [0.717, 1.165) is 11.0 Å². The first-order valence-corrected chi connectivity index (χ1v) is 4.64. The molecule has 0 saturated heterocycles. The standard InChI is InChI=1S/C5H11NO2S2/c1-5(2,6-10-9)3-4(7)8/h6,9H,3H2,1-2H3,(H,7,8). The molecule has 3 nitrogen and oxygen atoms in total. The molecule has 0 aromatic heterocycles. The Balaban J connectivity index is 3.74. The number of carboxylic acids is 1. The smallest absolute Gasteiger partial charge is 0.305 e. The molecule has 0 rings (SSSR count). The van der Waals surface area contributed by atoms with Gasteiger partial charge in [-0.1, -0.05) is 11.7 Å². The number of rotatable bonds is 4. The van der Waals surface area contributed by atoms with Crippen molar-refractivity contribution >= 4 is 28.6 Å². The average Bonchev–Trinajstić information content (AvgIpc) is 1.59. The van der Waals surface area contributed by atoms with Crippen LogP contribution in [-0.4, -0.2) is 16.6 Å². The van der Waals surface area contributed by atoms with Gasteiger partial charge in [0.25, 0.3) is 0 Å². The van der Waals surface area contributed by atoms with Crippen molar-refractivity contribution in [2.24, 2.45) is 0 Å². The van der Waals surface area contributed by atoms with E-state index < -0.39 is 11.5 Å². The van der Waals surface area contributed by atoms with Crippen LogP contribution in [0, 0.1) is 0 Å². The first kappa shape index (κ1) is 10.1. The van der Waals surface area contributed by atoms with Gasteiger partial charge in [-0.15, -0.1) is 0 Å². The molecule has 0 amide bonds. The maximum Gasteiger partial charge on any atom is 0.305 e. The lowest BCUT2D eigenvalue weighted by molar-refractivity contribution is -0.138. The van der Waals surface area contributed by atoms with Crippen molar-refractivity contribution in [3.05, 3.63) is 0 Å². The van der Waals surface area contributed by atoms with E-state index in [1.54, 1.807) is 0 Å². The van der Waals surface area contributed by atoms with Crippen LogP contribution in [0.2, 0.25) is 0 Å². The number of hydrogen-bond acceptors (Lipinski definition) is 4. The summed E-state index contributed by atoms with van der Waals surface area (Å²) < 4.78 is 2.85. The van der Waals surface area contributed by atoms with Gasteiger partial charge in [-0.05, 0) is 24.8 Å². The highest BCUT2D eigenvalue weighted by Crippen LogP contribution is 2.13. The molecular formula is C5H11NO2S2. The summed E-state index contributed by atoms with van der Waals surface area (Å²) in [4.78, 5) is 10.2. The molecule has 0 fully saturated rings. The largest absolute Gasteiger partial charge is 0.481 e. The highest BCUT2D eigenvalue weighted by atomic mass is 33.1. The van der Waals surface area contributed by atoms with Gasteiger partial charge in [0.1, 0.15) is 0 Å². The summed E-state index contributed by atoms with van der Waals surface area (Å²) in [5.41, 5.74) is -0.391. The highest BCUT2D eigenvalue weighted by molar-refractivity contribution is 8.67. The lowest BCUT2D eigenvalue weighted by Crippen LogP contribution is -2.35. The van der Waals surface area contributed by atoms with E-state index >= 15 is 0 Å². The molecule has 0 bridgehead atoms. The summed E-state index contributed by atoms with van der Waals surface area (Å²) in [5.74, 6) is -0.806. The summed E-state index contributed by atoms with van der Waals surface area (Å²) in [6.45, 7) is 3.62. The van der Waals surface area contributed by atoms with Crippen LogP contribution in [0.4, 0.5) is 0 Å². The third-order valence-corrected chi connectivity index (χ3v) is 1.83. The molecule has 5 heteroatoms. The van der Waals surface area contributed by atoms with E-state index in [-0.39, 0.29) is 6.42 Å². The van der Waals surface area contributed by atoms with Crippen molar-refractivity contribution in [1.82, 2.24) is 4.72 Å². The van der Waals surface area contributed by atoms with Gasteiger partial charge in [-0.3, -0.25) is 4.79 Å². The van der Waals surface area contributed by atoms with Gasteiger partial charge in [0, 0.05) is 5.54 Å². The number of carboxylic acid groups (broad SMARTS) is 1. The Morgan fingerprint density at radius 1 is 1.80 bits per heavy atom. The summed E-state index contributed by atoms with van der Waals surface area (Å²) >= 11 is 3.85. The predicted molar refractivity (Wildman–Crippen MR) is 46.0 cm³/mol. The van der Waals surface area contributed by atoms with Gasteiger partial charge in [0.05, 0.1) is 6.42 Å². The monoisotopic (exact) mass is 181 g/mol. The fraction of sp³-hybridized carbons (Fsp3) is 0.800. The molecule has 0 aliphatic heterocycles. The summed E-state index contributed by atoms with van der Waals surface area (Å²) in [6, 6.07) is 0. The Kier molecular flexibility index (Phi) is 4.15. The van der Waals surface area contributed by atoms with E-state index in [4.69, 9.17) is 5.11 Å². The zero-order chi connectivity index (χ0) is 8.20. The van der Waals surface area contributed by atoms with Crippen molar-refractivity contribution in [2.75, 3.05) is 0 Å². The summed E-state index contributed by atoms with van der Waals surface area (Å²) in [5, 5.41) is 8.40. The second-order valence-corrected chi connectivity index (χ2v) is 3.58. The lowest BCUT2D eigenvalue weighted by atomic mass is 10.0. The number of carbonyl (C=O) groups is 1. The molecule has 0 heterocycles. The molecule has 0 saturated carbocycles. The van der Waals surface area contributed by atoms with Crippen molar-refractivity contribution in [1.29, 1.82) is 0 Å². The van der Waals surface area contributed by atoms with Crippen LogP contribution in [0.25, 0.3) is 0 Å². The van der Waals surface area contributed by atoms with Gasteiger partial charge in [0.15, 0.2) is 0 Å². The predicted octanol–water partition coefficient (Wildman–Crippen LogP) is 1.32. The summed E-state index contributed by atoms with van der Waals surface area (Å²) in [6.07, 6.45) is 0.0978. The molecule has 0 atom stereocenters. The Labute approximate surface area is 69.5 Å². The fourth-order valence-corrected chi connectivity index (χ4v) is 1.60. The third-order valence-electron chi connectivity index (χ3n) is 0.915. The van der Waals surface area contributed by atoms with E-state index in [0.29, 0.717) is 0 Å². The molecular weight excluding hydrogens is 170 g/mol. The summed E-state index contributed by atoms with van der Waals surface area (Å²) in [7, 11) is 1.13. The van der Waals surface area contributed by atoms with E-state index in [1.165, 1.54) is 0 Å². The molecule has 0 aliphatic carbocycles. The van der Waals surface area contributed by atoms with Gasteiger partial charge >= 0.3 is 5.97 Å². The Bertz CT molecular complexity index is 127. The Morgan fingerprint density at radius 2 is 2.30 bits per heavy atom. The van der Waals surface area contributed by atoms with Gasteiger partial charge in [0.2, 0.25) is 0 Å². The van der Waals surface area contributed by atoms with E-state index in [2.05, 4.69) is 16.4 Å². The zero-order valence-corrected chi connectivity index (χ0v) is 7.63. The second-order valence-electron chi connectivity index (χ2n) is 2.65. The molecule has 60 valence electrons. The minimum absolute atomic E-state index is 0.0978. The molecule has 10 heavy (non-hydrogen) atoms. The van der Waals surface area contributed by atoms with Crippen molar-refractivity contribution < 1.29 is 9.90 Å². The fourth-order valence-electron chi connectivity index (χ4n) is 0.538. The number of nitrogens with one attached hydrogen (secondary N) is 1. The van der Waals surface area contributed by atoms with Crippen LogP contribution < -0.4 is 4.72 Å². The van der Waals surface area contributed by atoms with E-state index in [1.807, 2.05) is 13.8 Å². The average molecular weight is 181 g/mol. The maximum absolute atomic E-state index is 10.2. The molecule has 0 unspecified atom stereocenters.